The molecule has 0 spiro atoms. The Morgan fingerprint density at radius 2 is 1.95 bits per heavy atom. The predicted octanol–water partition coefficient (Wildman–Crippen LogP) is 2.35. The van der Waals surface area contributed by atoms with Crippen molar-refractivity contribution in [3.63, 3.8) is 0 Å². The number of benzene rings is 1. The maximum absolute atomic E-state index is 11.5. The lowest BCUT2D eigenvalue weighted by molar-refractivity contribution is -0.107. The quantitative estimate of drug-likeness (QED) is 0.895. The molecule has 2 N–H and O–H groups in total. The van der Waals surface area contributed by atoms with Crippen LogP contribution in [0.5, 0.6) is 0 Å². The minimum atomic E-state index is -0.863. The summed E-state index contributed by atoms with van der Waals surface area (Å²) in [5.41, 5.74) is 1.76. The summed E-state index contributed by atoms with van der Waals surface area (Å²) in [5.74, 6) is 0.128. The summed E-state index contributed by atoms with van der Waals surface area (Å²) in [6.45, 7) is 5.85. The molecule has 118 valence electrons. The molecule has 1 fully saturated rings. The molecule has 3 rings (SSSR count). The second kappa shape index (κ2) is 6.78. The highest BCUT2D eigenvalue weighted by Crippen LogP contribution is 2.37. The molecule has 22 heavy (non-hydrogen) atoms. The van der Waals surface area contributed by atoms with Crippen molar-refractivity contribution in [3.8, 4) is 0 Å². The van der Waals surface area contributed by atoms with E-state index in [0.717, 1.165) is 39.0 Å². The highest BCUT2D eigenvalue weighted by Gasteiger charge is 2.42. The van der Waals surface area contributed by atoms with E-state index in [1.165, 1.54) is 11.1 Å². The van der Waals surface area contributed by atoms with Gasteiger partial charge in [-0.15, -0.1) is 0 Å². The van der Waals surface area contributed by atoms with Crippen LogP contribution in [0.3, 0.4) is 0 Å². The number of aliphatic hydroxyl groups is 1. The van der Waals surface area contributed by atoms with Gasteiger partial charge in [-0.2, -0.15) is 0 Å². The topological polar surface area (TPSA) is 35.5 Å². The number of allylic oxidation sites excluding steroid dienone is 2. The van der Waals surface area contributed by atoms with Gasteiger partial charge in [-0.1, -0.05) is 55.0 Å². The van der Waals surface area contributed by atoms with E-state index in [1.807, 2.05) is 18.2 Å². The van der Waals surface area contributed by atoms with E-state index in [4.69, 9.17) is 0 Å². The zero-order valence-electron chi connectivity index (χ0n) is 13.3. The van der Waals surface area contributed by atoms with E-state index >= 15 is 0 Å². The number of nitrogens with zero attached hydrogens (tertiary/aromatic N) is 1. The monoisotopic (exact) mass is 298 g/mol. The molecule has 0 saturated carbocycles. The first-order chi connectivity index (χ1) is 10.7. The van der Waals surface area contributed by atoms with Crippen LogP contribution < -0.4 is 5.32 Å². The number of hydrogen-bond donors (Lipinski definition) is 2. The summed E-state index contributed by atoms with van der Waals surface area (Å²) < 4.78 is 0. The molecule has 3 nitrogen and oxygen atoms in total. The molecule has 2 aliphatic rings. The Balaban J connectivity index is 1.89. The van der Waals surface area contributed by atoms with Crippen molar-refractivity contribution >= 4 is 0 Å². The summed E-state index contributed by atoms with van der Waals surface area (Å²) in [4.78, 5) is 2.23. The Labute approximate surface area is 133 Å². The molecular weight excluding hydrogens is 272 g/mol. The summed E-state index contributed by atoms with van der Waals surface area (Å²) in [7, 11) is 0. The van der Waals surface area contributed by atoms with Gasteiger partial charge in [-0.25, -0.2) is 0 Å². The number of piperazine rings is 1. The first-order valence-electron chi connectivity index (χ1n) is 8.34. The molecule has 2 unspecified atom stereocenters. The van der Waals surface area contributed by atoms with Crippen LogP contribution in [0.15, 0.2) is 54.1 Å². The molecule has 1 saturated heterocycles. The largest absolute Gasteiger partial charge is 0.371 e. The Hall–Kier alpha value is -1.42. The number of nitrogens with one attached hydrogen (secondary N) is 1. The molecule has 1 aromatic rings. The van der Waals surface area contributed by atoms with Gasteiger partial charge >= 0.3 is 0 Å². The molecule has 0 amide bonds. The van der Waals surface area contributed by atoms with Crippen molar-refractivity contribution in [1.29, 1.82) is 0 Å². The van der Waals surface area contributed by atoms with Gasteiger partial charge in [0.25, 0.3) is 0 Å². The van der Waals surface area contributed by atoms with Gasteiger partial charge < -0.3 is 10.4 Å². The van der Waals surface area contributed by atoms with Crippen molar-refractivity contribution in [3.05, 3.63) is 59.7 Å². The second-order valence-corrected chi connectivity index (χ2v) is 6.22. The zero-order valence-corrected chi connectivity index (χ0v) is 13.3. The summed E-state index contributed by atoms with van der Waals surface area (Å²) in [5, 5.41) is 14.9. The van der Waals surface area contributed by atoms with Gasteiger partial charge in [0.05, 0.1) is 0 Å². The fraction of sp³-hybridized carbons (Fsp3) is 0.474. The fourth-order valence-electron chi connectivity index (χ4n) is 3.66. The van der Waals surface area contributed by atoms with E-state index in [1.54, 1.807) is 0 Å². The third kappa shape index (κ3) is 3.02. The highest BCUT2D eigenvalue weighted by atomic mass is 16.3. The first-order valence-corrected chi connectivity index (χ1v) is 8.34. The van der Waals surface area contributed by atoms with Gasteiger partial charge in [0, 0.05) is 32.1 Å². The van der Waals surface area contributed by atoms with Crippen molar-refractivity contribution in [1.82, 2.24) is 10.2 Å². The van der Waals surface area contributed by atoms with Crippen molar-refractivity contribution in [2.75, 3.05) is 26.2 Å². The maximum Gasteiger partial charge on any atom is 0.144 e. The lowest BCUT2D eigenvalue weighted by atomic mass is 9.77. The lowest BCUT2D eigenvalue weighted by Crippen LogP contribution is -2.60. The van der Waals surface area contributed by atoms with Crippen LogP contribution in [0.25, 0.3) is 0 Å². The van der Waals surface area contributed by atoms with E-state index in [-0.39, 0.29) is 5.92 Å². The number of hydrogen-bond acceptors (Lipinski definition) is 3. The van der Waals surface area contributed by atoms with Crippen LogP contribution in [0.4, 0.5) is 0 Å². The molecule has 3 heteroatoms. The molecule has 1 heterocycles. The second-order valence-electron chi connectivity index (χ2n) is 6.22. The zero-order chi connectivity index (χ0) is 15.4. The van der Waals surface area contributed by atoms with Gasteiger partial charge in [0.2, 0.25) is 0 Å². The highest BCUT2D eigenvalue weighted by molar-refractivity contribution is 5.31. The fourth-order valence-corrected chi connectivity index (χ4v) is 3.66. The van der Waals surface area contributed by atoms with Crippen LogP contribution in [-0.4, -0.2) is 41.9 Å². The van der Waals surface area contributed by atoms with Gasteiger partial charge in [-0.3, -0.25) is 4.90 Å². The molecule has 0 aromatic heterocycles. The maximum atomic E-state index is 11.5. The van der Waals surface area contributed by atoms with E-state index < -0.39 is 5.72 Å². The van der Waals surface area contributed by atoms with E-state index in [9.17, 15) is 5.11 Å². The average Bonchev–Trinajstić information content (AvgIpc) is 2.58. The average molecular weight is 298 g/mol. The summed E-state index contributed by atoms with van der Waals surface area (Å²) in [6, 6.07) is 10.5. The molecule has 1 aliphatic carbocycles. The minimum Gasteiger partial charge on any atom is -0.371 e. The van der Waals surface area contributed by atoms with Crippen LogP contribution in [0.1, 0.15) is 18.9 Å². The standard InChI is InChI=1S/C19H26N2O/c1-2-17-9-6-10-19(22,21-13-11-20-12-14-21)18(17)15-16-7-4-3-5-8-16/h3-10,18,20,22H,2,11-15H2,1H3. The Morgan fingerprint density at radius 1 is 1.23 bits per heavy atom. The molecule has 2 atom stereocenters. The van der Waals surface area contributed by atoms with E-state index in [0.29, 0.717) is 0 Å². The van der Waals surface area contributed by atoms with E-state index in [2.05, 4.69) is 47.5 Å². The smallest absolute Gasteiger partial charge is 0.144 e. The van der Waals surface area contributed by atoms with Crippen molar-refractivity contribution < 1.29 is 5.11 Å². The predicted molar refractivity (Wildman–Crippen MR) is 90.5 cm³/mol. The van der Waals surface area contributed by atoms with Crippen LogP contribution >= 0.6 is 0 Å². The molecule has 1 aliphatic heterocycles. The Kier molecular flexibility index (Phi) is 4.77. The SMILES string of the molecule is CCC1=CC=CC(O)(N2CCNCC2)C1Cc1ccccc1. The molecular formula is C19H26N2O. The summed E-state index contributed by atoms with van der Waals surface area (Å²) in [6.07, 6.45) is 8.07. The molecule has 1 aromatic carbocycles. The van der Waals surface area contributed by atoms with Crippen molar-refractivity contribution in [2.45, 2.75) is 25.5 Å². The third-order valence-electron chi connectivity index (χ3n) is 4.93. The van der Waals surface area contributed by atoms with Gasteiger partial charge in [-0.05, 0) is 24.5 Å². The Morgan fingerprint density at radius 3 is 2.64 bits per heavy atom. The van der Waals surface area contributed by atoms with Crippen LogP contribution in [0.2, 0.25) is 0 Å². The van der Waals surface area contributed by atoms with Crippen LogP contribution in [-0.2, 0) is 6.42 Å². The normalized spacial score (nSPS) is 29.4. The molecule has 0 bridgehead atoms. The lowest BCUT2D eigenvalue weighted by Gasteiger charge is -2.47. The van der Waals surface area contributed by atoms with Gasteiger partial charge in [0.15, 0.2) is 0 Å². The van der Waals surface area contributed by atoms with Crippen LogP contribution in [0, 0.1) is 5.92 Å². The van der Waals surface area contributed by atoms with Crippen molar-refractivity contribution in [2.24, 2.45) is 5.92 Å². The first kappa shape index (κ1) is 15.5. The molecule has 0 radical (unpaired) electrons. The summed E-state index contributed by atoms with van der Waals surface area (Å²) >= 11 is 0. The van der Waals surface area contributed by atoms with Gasteiger partial charge in [0.1, 0.15) is 5.72 Å². The Bertz CT molecular complexity index is 546. The third-order valence-corrected chi connectivity index (χ3v) is 4.93. The number of rotatable bonds is 4. The minimum absolute atomic E-state index is 0.128.